The number of piperidine rings is 1. The van der Waals surface area contributed by atoms with Crippen molar-refractivity contribution in [3.63, 3.8) is 0 Å². The van der Waals surface area contributed by atoms with Crippen LogP contribution >= 0.6 is 0 Å². The number of anilines is 1. The fourth-order valence-corrected chi connectivity index (χ4v) is 7.48. The third kappa shape index (κ3) is 7.04. The smallest absolute Gasteiger partial charge is 0.401 e. The van der Waals surface area contributed by atoms with E-state index in [0.29, 0.717) is 48.5 Å². The Morgan fingerprint density at radius 3 is 2.23 bits per heavy atom. The molecule has 3 aliphatic heterocycles. The topological polar surface area (TPSA) is 27.7 Å². The first kappa shape index (κ1) is 30.8. The van der Waals surface area contributed by atoms with E-state index < -0.39 is 30.4 Å². The molecule has 3 heterocycles. The monoisotopic (exact) mass is 613 g/mol. The lowest BCUT2D eigenvalue weighted by Crippen LogP contribution is -2.43. The van der Waals surface area contributed by atoms with Crippen molar-refractivity contribution in [3.05, 3.63) is 94.6 Å². The van der Waals surface area contributed by atoms with Gasteiger partial charge in [0.15, 0.2) is 0 Å². The van der Waals surface area contributed by atoms with Gasteiger partial charge in [-0.1, -0.05) is 36.4 Å². The van der Waals surface area contributed by atoms with Crippen LogP contribution in [0.15, 0.2) is 60.7 Å². The predicted octanol–water partition coefficient (Wildman–Crippen LogP) is 7.80. The molecule has 1 unspecified atom stereocenters. The molecule has 0 radical (unpaired) electrons. The molecule has 44 heavy (non-hydrogen) atoms. The molecule has 0 saturated carbocycles. The maximum Gasteiger partial charge on any atom is 0.401 e. The van der Waals surface area contributed by atoms with Crippen LogP contribution in [0.4, 0.5) is 27.6 Å². The molecule has 236 valence electrons. The van der Waals surface area contributed by atoms with Gasteiger partial charge in [0, 0.05) is 37.4 Å². The Morgan fingerprint density at radius 1 is 0.864 bits per heavy atom. The lowest BCUT2D eigenvalue weighted by Gasteiger charge is -2.41. The van der Waals surface area contributed by atoms with Gasteiger partial charge in [0.1, 0.15) is 24.0 Å². The quantitative estimate of drug-likeness (QED) is 0.287. The fraction of sp³-hybridized carbons (Fsp3) is 0.486. The minimum absolute atomic E-state index is 0.0165. The summed E-state index contributed by atoms with van der Waals surface area (Å²) in [5.74, 6) is -1.07. The van der Waals surface area contributed by atoms with E-state index >= 15 is 8.78 Å². The van der Waals surface area contributed by atoms with Crippen molar-refractivity contribution in [3.8, 4) is 5.75 Å². The van der Waals surface area contributed by atoms with Crippen LogP contribution in [0.2, 0.25) is 0 Å². The van der Waals surface area contributed by atoms with Crippen molar-refractivity contribution < 1.29 is 26.7 Å². The normalized spacial score (nSPS) is 21.0. The second kappa shape index (κ2) is 13.1. The Bertz CT molecular complexity index is 1390. The summed E-state index contributed by atoms with van der Waals surface area (Å²) in [6, 6.07) is 16.2. The molecule has 2 fully saturated rings. The largest absolute Gasteiger partial charge is 0.489 e. The number of ether oxygens (including phenoxy) is 1. The van der Waals surface area contributed by atoms with Gasteiger partial charge in [-0.15, -0.1) is 0 Å². The van der Waals surface area contributed by atoms with E-state index in [9.17, 15) is 13.2 Å². The number of hydrogen-bond acceptors (Lipinski definition) is 4. The first-order valence-electron chi connectivity index (χ1n) is 15.7. The number of fused-ring (bicyclic) bond motifs is 1. The number of halogens is 5. The molecule has 0 bridgehead atoms. The molecule has 3 aromatic carbocycles. The van der Waals surface area contributed by atoms with E-state index in [2.05, 4.69) is 5.32 Å². The average Bonchev–Trinajstić information content (AvgIpc) is 2.99. The molecule has 1 atom stereocenters. The van der Waals surface area contributed by atoms with Gasteiger partial charge in [-0.3, -0.25) is 4.90 Å². The summed E-state index contributed by atoms with van der Waals surface area (Å²) >= 11 is 0. The van der Waals surface area contributed by atoms with Gasteiger partial charge in [-0.25, -0.2) is 8.78 Å². The Hall–Kier alpha value is -3.17. The van der Waals surface area contributed by atoms with Gasteiger partial charge in [-0.2, -0.15) is 13.2 Å². The predicted molar refractivity (Wildman–Crippen MR) is 162 cm³/mol. The van der Waals surface area contributed by atoms with Gasteiger partial charge in [-0.05, 0) is 97.9 Å². The Labute approximate surface area is 256 Å². The molecule has 3 aliphatic rings. The van der Waals surface area contributed by atoms with Crippen molar-refractivity contribution in [2.24, 2.45) is 5.41 Å². The van der Waals surface area contributed by atoms with Gasteiger partial charge < -0.3 is 15.0 Å². The molecule has 2 saturated heterocycles. The van der Waals surface area contributed by atoms with E-state index in [1.54, 1.807) is 18.2 Å². The molecule has 0 aliphatic carbocycles. The first-order chi connectivity index (χ1) is 21.2. The molecular weight excluding hydrogens is 573 g/mol. The third-order valence-corrected chi connectivity index (χ3v) is 9.61. The Balaban J connectivity index is 1.26. The summed E-state index contributed by atoms with van der Waals surface area (Å²) in [6.45, 7) is 2.57. The van der Waals surface area contributed by atoms with E-state index in [1.165, 1.54) is 25.0 Å². The number of nitrogens with zero attached hydrogens (tertiary/aromatic N) is 2. The van der Waals surface area contributed by atoms with E-state index in [1.807, 2.05) is 35.2 Å². The van der Waals surface area contributed by atoms with E-state index in [-0.39, 0.29) is 12.1 Å². The summed E-state index contributed by atoms with van der Waals surface area (Å²) < 4.78 is 79.0. The van der Waals surface area contributed by atoms with Crippen LogP contribution in [0.25, 0.3) is 0 Å². The van der Waals surface area contributed by atoms with Crippen LogP contribution in [-0.4, -0.2) is 50.3 Å². The molecule has 4 nitrogen and oxygen atoms in total. The second-order valence-corrected chi connectivity index (χ2v) is 12.7. The molecule has 1 spiro atoms. The maximum absolute atomic E-state index is 16.0. The summed E-state index contributed by atoms with van der Waals surface area (Å²) in [5, 5.41) is 3.54. The zero-order valence-corrected chi connectivity index (χ0v) is 24.9. The van der Waals surface area contributed by atoms with Crippen molar-refractivity contribution in [2.75, 3.05) is 44.2 Å². The number of hydrogen-bond donors (Lipinski definition) is 1. The minimum atomic E-state index is -4.52. The number of nitrogens with one attached hydrogen (secondary N) is 1. The zero-order chi connectivity index (χ0) is 30.7. The first-order valence-corrected chi connectivity index (χ1v) is 15.7. The lowest BCUT2D eigenvalue weighted by atomic mass is 9.73. The fourth-order valence-electron chi connectivity index (χ4n) is 7.48. The number of benzene rings is 3. The van der Waals surface area contributed by atoms with Crippen LogP contribution in [-0.2, 0) is 13.0 Å². The molecule has 0 aromatic heterocycles. The molecule has 1 N–H and O–H groups in total. The van der Waals surface area contributed by atoms with Gasteiger partial charge in [0.05, 0.1) is 12.6 Å². The summed E-state index contributed by atoms with van der Waals surface area (Å²) in [6.07, 6.45) is 2.19. The van der Waals surface area contributed by atoms with Crippen LogP contribution in [0.1, 0.15) is 66.8 Å². The highest BCUT2D eigenvalue weighted by atomic mass is 19.4. The van der Waals surface area contributed by atoms with Crippen molar-refractivity contribution in [2.45, 2.75) is 63.8 Å². The van der Waals surface area contributed by atoms with Crippen LogP contribution in [0.5, 0.6) is 5.75 Å². The maximum atomic E-state index is 16.0. The van der Waals surface area contributed by atoms with E-state index in [4.69, 9.17) is 4.74 Å². The summed E-state index contributed by atoms with van der Waals surface area (Å²) in [5.41, 5.74) is 2.61. The average molecular weight is 614 g/mol. The molecule has 3 aromatic rings. The van der Waals surface area contributed by atoms with Gasteiger partial charge >= 0.3 is 6.18 Å². The Kier molecular flexibility index (Phi) is 9.15. The number of rotatable bonds is 6. The zero-order valence-electron chi connectivity index (χ0n) is 24.9. The highest BCUT2D eigenvalue weighted by Crippen LogP contribution is 2.42. The Morgan fingerprint density at radius 2 is 1.57 bits per heavy atom. The van der Waals surface area contributed by atoms with Crippen molar-refractivity contribution in [1.29, 1.82) is 0 Å². The van der Waals surface area contributed by atoms with Gasteiger partial charge in [0.25, 0.3) is 0 Å². The van der Waals surface area contributed by atoms with Crippen LogP contribution in [0, 0.1) is 17.0 Å². The van der Waals surface area contributed by atoms with Crippen molar-refractivity contribution in [1.82, 2.24) is 10.2 Å². The summed E-state index contributed by atoms with van der Waals surface area (Å²) in [4.78, 5) is 3.17. The highest BCUT2D eigenvalue weighted by Gasteiger charge is 2.40. The molecule has 9 heteroatoms. The molecule has 6 rings (SSSR count). The molecule has 0 amide bonds. The SMILES string of the molecule is Fc1cc(N2CCCC3(CCCNC3)CCC2)cc(F)c1C1c2ccc(OCc3ccccc3)cc2CCN1CC(F)(F)F. The molecular formula is C35H40F5N3O. The van der Waals surface area contributed by atoms with E-state index in [0.717, 1.165) is 54.8 Å². The minimum Gasteiger partial charge on any atom is -0.489 e. The standard InChI is InChI=1S/C35H40F5N3O/c36-30-20-27(42-16-5-13-34(14-6-17-42)12-4-15-41-23-34)21-31(37)32(30)33-29-10-9-28(44-22-25-7-2-1-3-8-25)19-26(29)11-18-43(33)24-35(38,39)40/h1-3,7-10,19-21,33,41H,4-6,11-18,22-24H2. The van der Waals surface area contributed by atoms with Gasteiger partial charge in [0.2, 0.25) is 0 Å². The van der Waals surface area contributed by atoms with Crippen molar-refractivity contribution >= 4 is 5.69 Å². The van der Waals surface area contributed by atoms with Crippen LogP contribution < -0.4 is 15.0 Å². The number of alkyl halides is 3. The second-order valence-electron chi connectivity index (χ2n) is 12.7. The summed E-state index contributed by atoms with van der Waals surface area (Å²) in [7, 11) is 0. The lowest BCUT2D eigenvalue weighted by molar-refractivity contribution is -0.150. The highest BCUT2D eigenvalue weighted by molar-refractivity contribution is 5.52. The van der Waals surface area contributed by atoms with Crippen LogP contribution in [0.3, 0.4) is 0 Å². The third-order valence-electron chi connectivity index (χ3n) is 9.61.